The smallest absolute Gasteiger partial charge is 0.335 e. The van der Waals surface area contributed by atoms with Gasteiger partial charge in [0.05, 0.1) is 13.7 Å². The number of esters is 2. The van der Waals surface area contributed by atoms with Gasteiger partial charge in [0, 0.05) is 12.8 Å². The summed E-state index contributed by atoms with van der Waals surface area (Å²) < 4.78 is 9.25. The van der Waals surface area contributed by atoms with Crippen molar-refractivity contribution in [2.75, 3.05) is 13.7 Å². The number of aliphatic hydroxyl groups excluding tert-OH is 1. The fraction of sp³-hybridized carbons (Fsp3) is 0.667. The summed E-state index contributed by atoms with van der Waals surface area (Å²) >= 11 is 0. The summed E-state index contributed by atoms with van der Waals surface area (Å²) in [5.41, 5.74) is 0. The number of ether oxygens (including phenoxy) is 2. The Morgan fingerprint density at radius 3 is 2.53 bits per heavy atom. The molecule has 0 saturated heterocycles. The van der Waals surface area contributed by atoms with Gasteiger partial charge in [-0.1, -0.05) is 12.2 Å². The van der Waals surface area contributed by atoms with E-state index in [1.807, 2.05) is 6.92 Å². The van der Waals surface area contributed by atoms with Gasteiger partial charge in [-0.25, -0.2) is 4.79 Å². The minimum Gasteiger partial charge on any atom is -0.467 e. The second kappa shape index (κ2) is 8.75. The van der Waals surface area contributed by atoms with E-state index in [0.29, 0.717) is 12.8 Å². The van der Waals surface area contributed by atoms with Crippen LogP contribution in [0.1, 0.15) is 26.7 Å². The van der Waals surface area contributed by atoms with Crippen molar-refractivity contribution in [2.24, 2.45) is 5.92 Å². The van der Waals surface area contributed by atoms with Crippen molar-refractivity contribution >= 4 is 11.9 Å². The third-order valence-corrected chi connectivity index (χ3v) is 2.27. The molecule has 0 aromatic carbocycles. The van der Waals surface area contributed by atoms with Crippen LogP contribution in [0.15, 0.2) is 12.2 Å². The van der Waals surface area contributed by atoms with Gasteiger partial charge >= 0.3 is 11.9 Å². The Hall–Kier alpha value is -1.36. The Morgan fingerprint density at radius 2 is 2.06 bits per heavy atom. The average Bonchev–Trinajstić information content (AvgIpc) is 2.30. The molecule has 0 fully saturated rings. The van der Waals surface area contributed by atoms with Crippen molar-refractivity contribution in [3.63, 3.8) is 0 Å². The van der Waals surface area contributed by atoms with E-state index in [-0.39, 0.29) is 18.5 Å². The van der Waals surface area contributed by atoms with E-state index in [9.17, 15) is 14.7 Å². The summed E-state index contributed by atoms with van der Waals surface area (Å²) in [6.07, 6.45) is 3.47. The van der Waals surface area contributed by atoms with E-state index >= 15 is 0 Å². The van der Waals surface area contributed by atoms with Crippen molar-refractivity contribution in [1.29, 1.82) is 0 Å². The monoisotopic (exact) mass is 244 g/mol. The molecular formula is C12H20O5. The van der Waals surface area contributed by atoms with Crippen molar-refractivity contribution in [3.8, 4) is 0 Å². The number of rotatable bonds is 7. The summed E-state index contributed by atoms with van der Waals surface area (Å²) in [7, 11) is 1.23. The number of carbonyl (C=O) groups is 2. The Bertz CT molecular complexity index is 272. The van der Waals surface area contributed by atoms with Gasteiger partial charge in [0.25, 0.3) is 0 Å². The molecule has 5 heteroatoms. The fourth-order valence-corrected chi connectivity index (χ4v) is 1.44. The van der Waals surface area contributed by atoms with Crippen LogP contribution in [-0.2, 0) is 19.1 Å². The van der Waals surface area contributed by atoms with Gasteiger partial charge in [-0.3, -0.25) is 4.79 Å². The number of hydrogen-bond acceptors (Lipinski definition) is 5. The van der Waals surface area contributed by atoms with Crippen LogP contribution >= 0.6 is 0 Å². The molecule has 17 heavy (non-hydrogen) atoms. The van der Waals surface area contributed by atoms with Crippen LogP contribution in [0.4, 0.5) is 0 Å². The molecule has 2 unspecified atom stereocenters. The van der Waals surface area contributed by atoms with E-state index in [4.69, 9.17) is 4.74 Å². The van der Waals surface area contributed by atoms with Crippen molar-refractivity contribution in [3.05, 3.63) is 12.2 Å². The van der Waals surface area contributed by atoms with Crippen LogP contribution in [0.5, 0.6) is 0 Å². The minimum absolute atomic E-state index is 0.289. The van der Waals surface area contributed by atoms with E-state index in [1.165, 1.54) is 14.0 Å². The average molecular weight is 244 g/mol. The van der Waals surface area contributed by atoms with Crippen LogP contribution in [0.25, 0.3) is 0 Å². The highest BCUT2D eigenvalue weighted by molar-refractivity contribution is 5.74. The normalized spacial score (nSPS) is 14.4. The molecule has 0 saturated carbocycles. The first-order valence-electron chi connectivity index (χ1n) is 5.55. The molecule has 1 N–H and O–H groups in total. The first-order valence-corrected chi connectivity index (χ1v) is 5.55. The summed E-state index contributed by atoms with van der Waals surface area (Å²) in [5.74, 6) is -1.30. The molecule has 0 aliphatic heterocycles. The standard InChI is InChI=1S/C12H20O5/c1-4-6-10(11(14)12(15)16-3)7-5-8-17-9(2)13/h4,6,10-11,14H,5,7-8H2,1-3H3/b6-4+. The molecule has 5 nitrogen and oxygen atoms in total. The molecule has 0 spiro atoms. The van der Waals surface area contributed by atoms with Crippen LogP contribution in [0.2, 0.25) is 0 Å². The number of carbonyl (C=O) groups excluding carboxylic acids is 2. The molecule has 0 aromatic heterocycles. The van der Waals surface area contributed by atoms with Gasteiger partial charge in [0.15, 0.2) is 6.10 Å². The Balaban J connectivity index is 4.15. The van der Waals surface area contributed by atoms with Gasteiger partial charge < -0.3 is 14.6 Å². The zero-order chi connectivity index (χ0) is 13.3. The lowest BCUT2D eigenvalue weighted by atomic mass is 9.96. The molecule has 2 atom stereocenters. The Kier molecular flexibility index (Phi) is 8.05. The lowest BCUT2D eigenvalue weighted by molar-refractivity contribution is -0.152. The number of allylic oxidation sites excluding steroid dienone is 1. The van der Waals surface area contributed by atoms with E-state index in [2.05, 4.69) is 4.74 Å². The first-order chi connectivity index (χ1) is 8.02. The van der Waals surface area contributed by atoms with Crippen molar-refractivity contribution < 1.29 is 24.2 Å². The SMILES string of the molecule is C/C=C/C(CCCOC(C)=O)C(O)C(=O)OC. The minimum atomic E-state index is -1.17. The number of aliphatic hydroxyl groups is 1. The van der Waals surface area contributed by atoms with Crippen LogP contribution < -0.4 is 0 Å². The molecule has 0 aliphatic rings. The largest absolute Gasteiger partial charge is 0.467 e. The van der Waals surface area contributed by atoms with E-state index in [1.54, 1.807) is 12.2 Å². The molecule has 0 aliphatic carbocycles. The van der Waals surface area contributed by atoms with Gasteiger partial charge in [-0.15, -0.1) is 0 Å². The molecule has 0 radical (unpaired) electrons. The third kappa shape index (κ3) is 6.73. The summed E-state index contributed by atoms with van der Waals surface area (Å²) in [5, 5.41) is 9.68. The van der Waals surface area contributed by atoms with Crippen LogP contribution in [0, 0.1) is 5.92 Å². The second-order valence-corrected chi connectivity index (χ2v) is 3.64. The summed E-state index contributed by atoms with van der Waals surface area (Å²) in [4.78, 5) is 21.7. The van der Waals surface area contributed by atoms with Crippen molar-refractivity contribution in [2.45, 2.75) is 32.8 Å². The maximum absolute atomic E-state index is 11.2. The lowest BCUT2D eigenvalue weighted by Gasteiger charge is -2.17. The van der Waals surface area contributed by atoms with Gasteiger partial charge in [0.2, 0.25) is 0 Å². The van der Waals surface area contributed by atoms with Crippen LogP contribution in [-0.4, -0.2) is 36.9 Å². The van der Waals surface area contributed by atoms with Crippen LogP contribution in [0.3, 0.4) is 0 Å². The molecule has 0 heterocycles. The zero-order valence-corrected chi connectivity index (χ0v) is 10.5. The van der Waals surface area contributed by atoms with Gasteiger partial charge in [-0.05, 0) is 19.8 Å². The molecule has 0 rings (SSSR count). The molecule has 0 aromatic rings. The third-order valence-electron chi connectivity index (χ3n) is 2.27. The summed E-state index contributed by atoms with van der Waals surface area (Å²) in [6.45, 7) is 3.44. The highest BCUT2D eigenvalue weighted by Gasteiger charge is 2.24. The lowest BCUT2D eigenvalue weighted by Crippen LogP contribution is -2.29. The molecule has 98 valence electrons. The maximum atomic E-state index is 11.2. The summed E-state index contributed by atoms with van der Waals surface area (Å²) in [6, 6.07) is 0. The first kappa shape index (κ1) is 15.6. The number of methoxy groups -OCH3 is 1. The molecule has 0 bridgehead atoms. The highest BCUT2D eigenvalue weighted by Crippen LogP contribution is 2.15. The highest BCUT2D eigenvalue weighted by atomic mass is 16.5. The topological polar surface area (TPSA) is 72.8 Å². The predicted molar refractivity (Wildman–Crippen MR) is 62.2 cm³/mol. The zero-order valence-electron chi connectivity index (χ0n) is 10.5. The second-order valence-electron chi connectivity index (χ2n) is 3.64. The van der Waals surface area contributed by atoms with Gasteiger partial charge in [-0.2, -0.15) is 0 Å². The Labute approximate surface area is 101 Å². The quantitative estimate of drug-likeness (QED) is 0.412. The molecular weight excluding hydrogens is 224 g/mol. The van der Waals surface area contributed by atoms with Gasteiger partial charge in [0.1, 0.15) is 0 Å². The maximum Gasteiger partial charge on any atom is 0.335 e. The molecule has 0 amide bonds. The Morgan fingerprint density at radius 1 is 1.41 bits per heavy atom. The van der Waals surface area contributed by atoms with E-state index in [0.717, 1.165) is 0 Å². The predicted octanol–water partition coefficient (Wildman–Crippen LogP) is 1.06. The van der Waals surface area contributed by atoms with Crippen molar-refractivity contribution in [1.82, 2.24) is 0 Å². The fourth-order valence-electron chi connectivity index (χ4n) is 1.44. The van der Waals surface area contributed by atoms with E-state index < -0.39 is 12.1 Å². The number of hydrogen-bond donors (Lipinski definition) is 1.